The van der Waals surface area contributed by atoms with Crippen molar-refractivity contribution < 1.29 is 19.4 Å². The van der Waals surface area contributed by atoms with Crippen molar-refractivity contribution in [2.75, 3.05) is 24.3 Å². The zero-order valence-electron chi connectivity index (χ0n) is 15.7. The number of ether oxygens (including phenoxy) is 1. The van der Waals surface area contributed by atoms with E-state index in [1.165, 1.54) is 0 Å². The van der Waals surface area contributed by atoms with Crippen LogP contribution in [0.25, 0.3) is 0 Å². The third-order valence-electron chi connectivity index (χ3n) is 5.02. The lowest BCUT2D eigenvalue weighted by molar-refractivity contribution is -0.136. The van der Waals surface area contributed by atoms with Crippen LogP contribution in [-0.4, -0.2) is 35.9 Å². The van der Waals surface area contributed by atoms with E-state index < -0.39 is 11.4 Å². The zero-order valence-corrected chi connectivity index (χ0v) is 16.5. The van der Waals surface area contributed by atoms with E-state index in [9.17, 15) is 9.59 Å². The van der Waals surface area contributed by atoms with Crippen molar-refractivity contribution in [3.8, 4) is 0 Å². The molecule has 1 fully saturated rings. The number of thioether (sulfide) groups is 1. The minimum absolute atomic E-state index is 0.00215. The van der Waals surface area contributed by atoms with Crippen LogP contribution in [0.5, 0.6) is 0 Å². The number of anilines is 1. The SMILES string of the molecule is O=C(O)CCSCc1cccc(NC(=O)C2(c3ccccc3)CCOCC2)c1. The number of carbonyl (C=O) groups is 2. The topological polar surface area (TPSA) is 75.6 Å². The number of amides is 1. The molecule has 0 spiro atoms. The number of hydrogen-bond donors (Lipinski definition) is 2. The van der Waals surface area contributed by atoms with Crippen LogP contribution in [0.15, 0.2) is 54.6 Å². The van der Waals surface area contributed by atoms with Gasteiger partial charge in [0.15, 0.2) is 0 Å². The number of carbonyl (C=O) groups excluding carboxylic acids is 1. The summed E-state index contributed by atoms with van der Waals surface area (Å²) in [7, 11) is 0. The number of rotatable bonds is 8. The highest BCUT2D eigenvalue weighted by Crippen LogP contribution is 2.36. The van der Waals surface area contributed by atoms with E-state index in [2.05, 4.69) is 5.32 Å². The fraction of sp³-hybridized carbons (Fsp3) is 0.364. The van der Waals surface area contributed by atoms with Crippen molar-refractivity contribution in [1.82, 2.24) is 0 Å². The fourth-order valence-electron chi connectivity index (χ4n) is 3.46. The minimum Gasteiger partial charge on any atom is -0.481 e. The van der Waals surface area contributed by atoms with E-state index in [4.69, 9.17) is 9.84 Å². The Morgan fingerprint density at radius 1 is 1.07 bits per heavy atom. The van der Waals surface area contributed by atoms with Crippen molar-refractivity contribution in [2.45, 2.75) is 30.4 Å². The third-order valence-corrected chi connectivity index (χ3v) is 6.05. The normalized spacial score (nSPS) is 15.7. The first kappa shape index (κ1) is 20.4. The maximum Gasteiger partial charge on any atom is 0.304 e. The van der Waals surface area contributed by atoms with E-state index in [-0.39, 0.29) is 12.3 Å². The van der Waals surface area contributed by atoms with Crippen LogP contribution < -0.4 is 5.32 Å². The van der Waals surface area contributed by atoms with Gasteiger partial charge in [0.1, 0.15) is 0 Å². The molecule has 6 heteroatoms. The van der Waals surface area contributed by atoms with Crippen molar-refractivity contribution in [3.63, 3.8) is 0 Å². The fourth-order valence-corrected chi connectivity index (χ4v) is 4.34. The summed E-state index contributed by atoms with van der Waals surface area (Å²) in [5, 5.41) is 11.8. The summed E-state index contributed by atoms with van der Waals surface area (Å²) in [6.07, 6.45) is 1.48. The number of aliphatic carboxylic acids is 1. The molecule has 2 aromatic carbocycles. The Labute approximate surface area is 169 Å². The number of carboxylic acid groups (broad SMARTS) is 1. The lowest BCUT2D eigenvalue weighted by Gasteiger charge is -2.36. The lowest BCUT2D eigenvalue weighted by atomic mass is 9.73. The maximum absolute atomic E-state index is 13.3. The van der Waals surface area contributed by atoms with Gasteiger partial charge in [-0.2, -0.15) is 11.8 Å². The summed E-state index contributed by atoms with van der Waals surface area (Å²) in [4.78, 5) is 23.9. The molecule has 1 amide bonds. The van der Waals surface area contributed by atoms with Crippen molar-refractivity contribution in [2.24, 2.45) is 0 Å². The number of carboxylic acids is 1. The van der Waals surface area contributed by atoms with Crippen LogP contribution >= 0.6 is 11.8 Å². The third kappa shape index (κ3) is 5.14. The molecular formula is C22H25NO4S. The Hall–Kier alpha value is -2.31. The first-order chi connectivity index (χ1) is 13.6. The molecule has 2 aromatic rings. The Bertz CT molecular complexity index is 803. The van der Waals surface area contributed by atoms with Gasteiger partial charge in [0.2, 0.25) is 5.91 Å². The average Bonchev–Trinajstić information content (AvgIpc) is 2.72. The molecule has 1 heterocycles. The van der Waals surface area contributed by atoms with Gasteiger partial charge < -0.3 is 15.2 Å². The van der Waals surface area contributed by atoms with Crippen LogP contribution in [0.1, 0.15) is 30.4 Å². The highest BCUT2D eigenvalue weighted by Gasteiger charge is 2.41. The van der Waals surface area contributed by atoms with E-state index in [0.29, 0.717) is 37.6 Å². The molecule has 0 aromatic heterocycles. The molecule has 1 aliphatic heterocycles. The first-order valence-corrected chi connectivity index (χ1v) is 10.6. The van der Waals surface area contributed by atoms with Gasteiger partial charge in [0, 0.05) is 30.4 Å². The van der Waals surface area contributed by atoms with Crippen molar-refractivity contribution >= 4 is 29.3 Å². The van der Waals surface area contributed by atoms with Gasteiger partial charge in [-0.3, -0.25) is 9.59 Å². The van der Waals surface area contributed by atoms with Crippen molar-refractivity contribution in [3.05, 3.63) is 65.7 Å². The maximum atomic E-state index is 13.3. The summed E-state index contributed by atoms with van der Waals surface area (Å²) in [5.41, 5.74) is 2.28. The minimum atomic E-state index is -0.781. The highest BCUT2D eigenvalue weighted by atomic mass is 32.2. The van der Waals surface area contributed by atoms with Crippen LogP contribution in [-0.2, 0) is 25.5 Å². The summed E-state index contributed by atoms with van der Waals surface area (Å²) in [6.45, 7) is 1.14. The first-order valence-electron chi connectivity index (χ1n) is 9.43. The zero-order chi connectivity index (χ0) is 19.8. The largest absolute Gasteiger partial charge is 0.481 e. The molecule has 0 bridgehead atoms. The second-order valence-electron chi connectivity index (χ2n) is 6.91. The lowest BCUT2D eigenvalue weighted by Crippen LogP contribution is -2.44. The Morgan fingerprint density at radius 2 is 1.82 bits per heavy atom. The molecular weight excluding hydrogens is 374 g/mol. The molecule has 148 valence electrons. The smallest absolute Gasteiger partial charge is 0.304 e. The standard InChI is InChI=1S/C22H25NO4S/c24-20(25)9-14-28-16-17-5-4-8-19(15-17)23-21(26)22(10-12-27-13-11-22)18-6-2-1-3-7-18/h1-8,15H,9-14,16H2,(H,23,26)(H,24,25). The van der Waals surface area contributed by atoms with Gasteiger partial charge in [-0.15, -0.1) is 0 Å². The van der Waals surface area contributed by atoms with Gasteiger partial charge in [-0.05, 0) is 36.1 Å². The van der Waals surface area contributed by atoms with Gasteiger partial charge in [-0.1, -0.05) is 42.5 Å². The van der Waals surface area contributed by atoms with Crippen LogP contribution in [0.4, 0.5) is 5.69 Å². The molecule has 0 saturated carbocycles. The monoisotopic (exact) mass is 399 g/mol. The van der Waals surface area contributed by atoms with E-state index in [0.717, 1.165) is 16.8 Å². The Balaban J connectivity index is 1.70. The second kappa shape index (κ2) is 9.75. The molecule has 1 saturated heterocycles. The Morgan fingerprint density at radius 3 is 2.54 bits per heavy atom. The van der Waals surface area contributed by atoms with Gasteiger partial charge >= 0.3 is 5.97 Å². The average molecular weight is 400 g/mol. The van der Waals surface area contributed by atoms with Gasteiger partial charge in [0.25, 0.3) is 0 Å². The van der Waals surface area contributed by atoms with E-state index in [1.54, 1.807) is 11.8 Å². The summed E-state index contributed by atoms with van der Waals surface area (Å²) >= 11 is 1.58. The van der Waals surface area contributed by atoms with Crippen molar-refractivity contribution in [1.29, 1.82) is 0 Å². The quantitative estimate of drug-likeness (QED) is 0.654. The molecule has 0 atom stereocenters. The number of benzene rings is 2. The molecule has 0 radical (unpaired) electrons. The molecule has 2 N–H and O–H groups in total. The molecule has 5 nitrogen and oxygen atoms in total. The van der Waals surface area contributed by atoms with Crippen LogP contribution in [0.3, 0.4) is 0 Å². The van der Waals surface area contributed by atoms with Gasteiger partial charge in [0.05, 0.1) is 11.8 Å². The van der Waals surface area contributed by atoms with Crippen LogP contribution in [0.2, 0.25) is 0 Å². The summed E-state index contributed by atoms with van der Waals surface area (Å²) < 4.78 is 5.51. The molecule has 28 heavy (non-hydrogen) atoms. The number of hydrogen-bond acceptors (Lipinski definition) is 4. The van der Waals surface area contributed by atoms with Gasteiger partial charge in [-0.25, -0.2) is 0 Å². The second-order valence-corrected chi connectivity index (χ2v) is 8.02. The molecule has 0 unspecified atom stereocenters. The highest BCUT2D eigenvalue weighted by molar-refractivity contribution is 7.98. The van der Waals surface area contributed by atoms with Crippen LogP contribution in [0, 0.1) is 0 Å². The number of nitrogens with one attached hydrogen (secondary N) is 1. The predicted octanol–water partition coefficient (Wildman–Crippen LogP) is 4.08. The molecule has 0 aliphatic carbocycles. The predicted molar refractivity (Wildman–Crippen MR) is 112 cm³/mol. The molecule has 3 rings (SSSR count). The summed E-state index contributed by atoms with van der Waals surface area (Å²) in [6, 6.07) is 17.7. The van der Waals surface area contributed by atoms with E-state index >= 15 is 0 Å². The summed E-state index contributed by atoms with van der Waals surface area (Å²) in [5.74, 6) is 0.506. The molecule has 1 aliphatic rings. The van der Waals surface area contributed by atoms with E-state index in [1.807, 2.05) is 54.6 Å². The Kier molecular flexibility index (Phi) is 7.12.